The normalized spacial score (nSPS) is 13.1. The van der Waals surface area contributed by atoms with Gasteiger partial charge in [-0.2, -0.15) is 0 Å². The molecule has 2 aromatic rings. The Labute approximate surface area is 133 Å². The van der Waals surface area contributed by atoms with Gasteiger partial charge in [0, 0.05) is 5.22 Å². The Bertz CT molecular complexity index is 1000. The summed E-state index contributed by atoms with van der Waals surface area (Å²) in [6.45, 7) is 1.31. The minimum Gasteiger partial charge on any atom is -0.548 e. The molecule has 0 radical (unpaired) electrons. The first-order valence-corrected chi connectivity index (χ1v) is 7.48. The molecule has 22 heavy (non-hydrogen) atoms. The highest BCUT2D eigenvalue weighted by atomic mass is 32.1. The van der Waals surface area contributed by atoms with E-state index < -0.39 is 18.4 Å². The van der Waals surface area contributed by atoms with Crippen LogP contribution in [-0.2, 0) is 16.1 Å². The van der Waals surface area contributed by atoms with E-state index >= 15 is 0 Å². The number of aliphatic carboxylic acids is 1. The summed E-state index contributed by atoms with van der Waals surface area (Å²) in [4.78, 5) is 27.1. The van der Waals surface area contributed by atoms with Gasteiger partial charge in [0.2, 0.25) is 5.88 Å². The predicted molar refractivity (Wildman–Crippen MR) is 79.3 cm³/mol. The first kappa shape index (κ1) is 14.6. The van der Waals surface area contributed by atoms with Gasteiger partial charge in [-0.3, -0.25) is 9.36 Å². The lowest BCUT2D eigenvalue weighted by atomic mass is 10.1. The molecule has 0 bridgehead atoms. The average molecular weight is 333 g/mol. The lowest BCUT2D eigenvalue weighted by Gasteiger charge is -2.05. The third kappa shape index (κ3) is 2.26. The standard InChI is InChI=1S/C14H10N2O4S2/c1-6-2-3-8-7(4-6)10(12(19)15-8)11-13(20)16(5-9(17)18)14(21)22-11/h2-4,20H,5H2,1H3,(H,17,18)/p-1. The minimum atomic E-state index is -1.38. The van der Waals surface area contributed by atoms with Crippen molar-refractivity contribution in [2.24, 2.45) is 4.99 Å². The van der Waals surface area contributed by atoms with Crippen LogP contribution >= 0.6 is 23.6 Å². The molecule has 1 aliphatic rings. The number of hydrogen-bond acceptors (Lipinski definition) is 6. The zero-order chi connectivity index (χ0) is 16.0. The number of thiazole rings is 1. The van der Waals surface area contributed by atoms with Crippen LogP contribution in [0.4, 0.5) is 0 Å². The van der Waals surface area contributed by atoms with Crippen LogP contribution in [0.1, 0.15) is 10.4 Å². The van der Waals surface area contributed by atoms with Crippen LogP contribution in [0.5, 0.6) is 5.88 Å². The van der Waals surface area contributed by atoms with Crippen molar-refractivity contribution in [3.63, 3.8) is 0 Å². The maximum Gasteiger partial charge on any atom is 0.279 e. The lowest BCUT2D eigenvalue weighted by molar-refractivity contribution is -0.306. The summed E-state index contributed by atoms with van der Waals surface area (Å²) >= 11 is 6.02. The molecular formula is C14H9N2O4S2-. The Morgan fingerprint density at radius 1 is 1.50 bits per heavy atom. The summed E-state index contributed by atoms with van der Waals surface area (Å²) in [5, 5.41) is 22.1. The molecule has 0 atom stereocenters. The first-order chi connectivity index (χ1) is 10.4. The van der Waals surface area contributed by atoms with Gasteiger partial charge in [-0.1, -0.05) is 11.6 Å². The van der Waals surface area contributed by atoms with Crippen LogP contribution in [-0.4, -0.2) is 21.6 Å². The number of amides is 1. The number of aromatic hydroxyl groups is 1. The predicted octanol–water partition coefficient (Wildman–Crippen LogP) is -0.598. The second kappa shape index (κ2) is 5.15. The van der Waals surface area contributed by atoms with Crippen molar-refractivity contribution in [3.8, 4) is 5.88 Å². The highest BCUT2D eigenvalue weighted by molar-refractivity contribution is 7.73. The molecule has 0 unspecified atom stereocenters. The van der Waals surface area contributed by atoms with Crippen molar-refractivity contribution >= 4 is 41.0 Å². The summed E-state index contributed by atoms with van der Waals surface area (Å²) in [6.07, 6.45) is 0. The van der Waals surface area contributed by atoms with Crippen molar-refractivity contribution in [1.82, 2.24) is 4.57 Å². The summed E-state index contributed by atoms with van der Waals surface area (Å²) in [7, 11) is 0. The van der Waals surface area contributed by atoms with Crippen molar-refractivity contribution < 1.29 is 19.8 Å². The van der Waals surface area contributed by atoms with Gasteiger partial charge < -0.3 is 15.0 Å². The quantitative estimate of drug-likeness (QED) is 0.757. The van der Waals surface area contributed by atoms with Crippen LogP contribution in [0.25, 0.3) is 5.57 Å². The molecular weight excluding hydrogens is 324 g/mol. The fourth-order valence-corrected chi connectivity index (χ4v) is 3.61. The number of carboxylic acids is 1. The molecule has 0 fully saturated rings. The molecule has 2 heterocycles. The van der Waals surface area contributed by atoms with Crippen LogP contribution in [0.3, 0.4) is 0 Å². The van der Waals surface area contributed by atoms with Crippen LogP contribution < -0.4 is 15.7 Å². The SMILES string of the molecule is Cc1ccc2c(c1)=C(c1sc(=S)n(CC(=O)[O-])c1O)C(=O)N=2. The van der Waals surface area contributed by atoms with Crippen molar-refractivity contribution in [2.75, 3.05) is 0 Å². The molecule has 0 saturated carbocycles. The fraction of sp³-hybridized carbons (Fsp3) is 0.143. The van der Waals surface area contributed by atoms with Gasteiger partial charge in [0.15, 0.2) is 3.95 Å². The zero-order valence-electron chi connectivity index (χ0n) is 11.3. The smallest absolute Gasteiger partial charge is 0.279 e. The number of carboxylic acid groups (broad SMARTS) is 1. The third-order valence-electron chi connectivity index (χ3n) is 3.24. The molecule has 0 spiro atoms. The number of rotatable bonds is 3. The van der Waals surface area contributed by atoms with E-state index in [1.165, 1.54) is 0 Å². The van der Waals surface area contributed by atoms with E-state index in [-0.39, 0.29) is 20.3 Å². The summed E-state index contributed by atoms with van der Waals surface area (Å²) in [5.74, 6) is -2.21. The molecule has 0 aliphatic carbocycles. The number of carbonyl (C=O) groups is 2. The Hall–Kier alpha value is -2.32. The Balaban J connectivity index is 2.31. The lowest BCUT2D eigenvalue weighted by Crippen LogP contribution is -2.27. The van der Waals surface area contributed by atoms with Gasteiger partial charge in [0.05, 0.1) is 23.4 Å². The highest BCUT2D eigenvalue weighted by Crippen LogP contribution is 2.32. The van der Waals surface area contributed by atoms with Crippen molar-refractivity contribution in [1.29, 1.82) is 0 Å². The van der Waals surface area contributed by atoms with E-state index in [1.54, 1.807) is 12.1 Å². The molecule has 8 heteroatoms. The van der Waals surface area contributed by atoms with Crippen molar-refractivity contribution in [3.05, 3.63) is 43.2 Å². The van der Waals surface area contributed by atoms with E-state index in [2.05, 4.69) is 4.99 Å². The van der Waals surface area contributed by atoms with Crippen LogP contribution in [0, 0.1) is 10.9 Å². The number of hydrogen-bond donors (Lipinski definition) is 1. The Morgan fingerprint density at radius 2 is 2.23 bits per heavy atom. The number of aryl methyl sites for hydroxylation is 1. The molecule has 0 saturated heterocycles. The van der Waals surface area contributed by atoms with E-state index in [0.717, 1.165) is 21.5 Å². The monoisotopic (exact) mass is 333 g/mol. The molecule has 1 aromatic heterocycles. The fourth-order valence-electron chi connectivity index (χ4n) is 2.28. The number of carbonyl (C=O) groups excluding carboxylic acids is 2. The Morgan fingerprint density at radius 3 is 2.91 bits per heavy atom. The average Bonchev–Trinajstić information content (AvgIpc) is 2.88. The molecule has 112 valence electrons. The van der Waals surface area contributed by atoms with E-state index in [1.807, 2.05) is 13.0 Å². The van der Waals surface area contributed by atoms with Gasteiger partial charge in [-0.25, -0.2) is 4.99 Å². The summed E-state index contributed by atoms with van der Waals surface area (Å²) in [5.41, 5.74) is 1.18. The molecule has 1 aliphatic heterocycles. The maximum atomic E-state index is 12.2. The third-order valence-corrected chi connectivity index (χ3v) is 4.70. The number of fused-ring (bicyclic) bond motifs is 1. The largest absolute Gasteiger partial charge is 0.548 e. The highest BCUT2D eigenvalue weighted by Gasteiger charge is 2.25. The van der Waals surface area contributed by atoms with Crippen LogP contribution in [0.2, 0.25) is 0 Å². The van der Waals surface area contributed by atoms with Crippen molar-refractivity contribution in [2.45, 2.75) is 13.5 Å². The first-order valence-electron chi connectivity index (χ1n) is 6.25. The number of aromatic nitrogens is 1. The number of benzene rings is 1. The minimum absolute atomic E-state index is 0.151. The molecule has 3 rings (SSSR count). The second-order valence-corrected chi connectivity index (χ2v) is 6.44. The maximum absolute atomic E-state index is 12.2. The van der Waals surface area contributed by atoms with Gasteiger partial charge in [-0.05, 0) is 31.3 Å². The van der Waals surface area contributed by atoms with Crippen LogP contribution in [0.15, 0.2) is 23.2 Å². The van der Waals surface area contributed by atoms with Gasteiger partial charge in [0.25, 0.3) is 5.91 Å². The topological polar surface area (TPSA) is 94.7 Å². The van der Waals surface area contributed by atoms with E-state index in [9.17, 15) is 19.8 Å². The summed E-state index contributed by atoms with van der Waals surface area (Å²) in [6, 6.07) is 5.36. The Kier molecular flexibility index (Phi) is 3.42. The zero-order valence-corrected chi connectivity index (χ0v) is 13.0. The summed E-state index contributed by atoms with van der Waals surface area (Å²) < 4.78 is 1.18. The van der Waals surface area contributed by atoms with Gasteiger partial charge in [-0.15, -0.1) is 11.3 Å². The molecule has 6 nitrogen and oxygen atoms in total. The van der Waals surface area contributed by atoms with Gasteiger partial charge in [0.1, 0.15) is 4.88 Å². The van der Waals surface area contributed by atoms with E-state index in [0.29, 0.717) is 10.6 Å². The van der Waals surface area contributed by atoms with Gasteiger partial charge >= 0.3 is 0 Å². The second-order valence-electron chi connectivity index (χ2n) is 4.79. The molecule has 1 amide bonds. The molecule has 1 aromatic carbocycles. The van der Waals surface area contributed by atoms with E-state index in [4.69, 9.17) is 12.2 Å². The number of nitrogens with zero attached hydrogens (tertiary/aromatic N) is 2. The molecule has 1 N–H and O–H groups in total.